The standard InChI is InChI=1S/C27H23ClN4O2S/c1-17-7-9-19(10-8-17)23-15-22(18-5-3-2-4-6-18)31-32(23)27-30-26(34)24(35-27)16-25(33)29-21-13-11-20(28)12-14-21/h2-14,23-24H,15-16H2,1H3,(H,29,33)/t23-,24+/m0/s1. The van der Waals surface area contributed by atoms with Gasteiger partial charge in [-0.3, -0.25) is 9.59 Å². The summed E-state index contributed by atoms with van der Waals surface area (Å²) in [5.74, 6) is -0.568. The molecular weight excluding hydrogens is 480 g/mol. The van der Waals surface area contributed by atoms with Crippen LogP contribution in [0.5, 0.6) is 0 Å². The Morgan fingerprint density at radius 2 is 1.77 bits per heavy atom. The molecule has 0 radical (unpaired) electrons. The summed E-state index contributed by atoms with van der Waals surface area (Å²) in [5.41, 5.74) is 4.89. The van der Waals surface area contributed by atoms with Crippen molar-refractivity contribution in [2.75, 3.05) is 5.32 Å². The van der Waals surface area contributed by atoms with Crippen LogP contribution in [0.1, 0.15) is 35.6 Å². The Bertz CT molecular complexity index is 1310. The number of amidine groups is 1. The van der Waals surface area contributed by atoms with Crippen LogP contribution in [0.25, 0.3) is 0 Å². The number of nitrogens with zero attached hydrogens (tertiary/aromatic N) is 3. The number of carbonyl (C=O) groups excluding carboxylic acids is 2. The van der Waals surface area contributed by atoms with Crippen LogP contribution in [0.2, 0.25) is 5.02 Å². The van der Waals surface area contributed by atoms with Crippen molar-refractivity contribution in [1.29, 1.82) is 0 Å². The summed E-state index contributed by atoms with van der Waals surface area (Å²) in [4.78, 5) is 29.6. The van der Waals surface area contributed by atoms with Crippen LogP contribution in [-0.2, 0) is 9.59 Å². The molecule has 3 aromatic rings. The molecule has 2 amide bonds. The number of benzene rings is 3. The minimum Gasteiger partial charge on any atom is -0.326 e. The molecule has 0 spiro atoms. The molecule has 6 nitrogen and oxygen atoms in total. The van der Waals surface area contributed by atoms with Gasteiger partial charge in [0.05, 0.1) is 11.8 Å². The maximum atomic E-state index is 12.7. The van der Waals surface area contributed by atoms with E-state index in [9.17, 15) is 9.59 Å². The molecule has 2 aliphatic heterocycles. The second-order valence-corrected chi connectivity index (χ2v) is 10.1. The molecule has 35 heavy (non-hydrogen) atoms. The molecule has 2 aliphatic rings. The Kier molecular flexibility index (Phi) is 6.70. The first-order valence-corrected chi connectivity index (χ1v) is 12.6. The topological polar surface area (TPSA) is 74.1 Å². The average Bonchev–Trinajstić information content (AvgIpc) is 3.46. The molecule has 0 fully saturated rings. The molecule has 176 valence electrons. The number of aliphatic imine (C=N–C) groups is 1. The second kappa shape index (κ2) is 10.1. The van der Waals surface area contributed by atoms with Crippen molar-refractivity contribution >= 4 is 51.7 Å². The summed E-state index contributed by atoms with van der Waals surface area (Å²) < 4.78 is 0. The van der Waals surface area contributed by atoms with E-state index in [2.05, 4.69) is 41.5 Å². The highest BCUT2D eigenvalue weighted by atomic mass is 35.5. The average molecular weight is 503 g/mol. The highest BCUT2D eigenvalue weighted by Gasteiger charge is 2.39. The maximum absolute atomic E-state index is 12.7. The number of nitrogens with one attached hydrogen (secondary N) is 1. The first-order chi connectivity index (χ1) is 17.0. The minimum absolute atomic E-state index is 0.0252. The third kappa shape index (κ3) is 5.31. The lowest BCUT2D eigenvalue weighted by molar-refractivity contribution is -0.121. The van der Waals surface area contributed by atoms with Crippen LogP contribution >= 0.6 is 23.4 Å². The number of hydrazone groups is 1. The number of aryl methyl sites for hydroxylation is 1. The fraction of sp³-hybridized carbons (Fsp3) is 0.185. The smallest absolute Gasteiger partial charge is 0.262 e. The van der Waals surface area contributed by atoms with E-state index in [1.54, 1.807) is 24.3 Å². The maximum Gasteiger partial charge on any atom is 0.262 e. The van der Waals surface area contributed by atoms with Gasteiger partial charge in [0.2, 0.25) is 5.91 Å². The molecule has 1 N–H and O–H groups in total. The van der Waals surface area contributed by atoms with E-state index in [0.717, 1.165) is 16.8 Å². The summed E-state index contributed by atoms with van der Waals surface area (Å²) in [5, 5.41) is 10.1. The molecule has 3 aromatic carbocycles. The van der Waals surface area contributed by atoms with Crippen LogP contribution < -0.4 is 5.32 Å². The van der Waals surface area contributed by atoms with Gasteiger partial charge < -0.3 is 5.32 Å². The van der Waals surface area contributed by atoms with Gasteiger partial charge in [-0.05, 0) is 42.3 Å². The number of thioether (sulfide) groups is 1. The van der Waals surface area contributed by atoms with Crippen LogP contribution in [0, 0.1) is 6.92 Å². The number of anilines is 1. The third-order valence-corrected chi connectivity index (χ3v) is 7.30. The molecule has 2 heterocycles. The summed E-state index contributed by atoms with van der Waals surface area (Å²) in [6.45, 7) is 2.05. The Balaban J connectivity index is 1.34. The number of carbonyl (C=O) groups is 2. The molecule has 8 heteroatoms. The highest BCUT2D eigenvalue weighted by Crippen LogP contribution is 2.38. The zero-order chi connectivity index (χ0) is 24.4. The fourth-order valence-electron chi connectivity index (χ4n) is 4.06. The number of hydrogen-bond acceptors (Lipinski definition) is 5. The summed E-state index contributed by atoms with van der Waals surface area (Å²) in [6.07, 6.45) is 0.722. The molecule has 0 saturated carbocycles. The van der Waals surface area contributed by atoms with Crippen LogP contribution in [0.15, 0.2) is 89.0 Å². The van der Waals surface area contributed by atoms with Crippen LogP contribution in [-0.4, -0.2) is 33.0 Å². The lowest BCUT2D eigenvalue weighted by atomic mass is 9.98. The SMILES string of the molecule is Cc1ccc([C@@H]2CC(c3ccccc3)=NN2C2=NC(=O)[C@@H](CC(=O)Nc3ccc(Cl)cc3)S2)cc1. The predicted octanol–water partition coefficient (Wildman–Crippen LogP) is 5.83. The molecule has 0 unspecified atom stereocenters. The first-order valence-electron chi connectivity index (χ1n) is 11.3. The normalized spacial score (nSPS) is 19.5. The summed E-state index contributed by atoms with van der Waals surface area (Å²) >= 11 is 7.20. The van der Waals surface area contributed by atoms with E-state index in [0.29, 0.717) is 22.3 Å². The fourth-order valence-corrected chi connectivity index (χ4v) is 5.25. The Labute approximate surface area is 213 Å². The lowest BCUT2D eigenvalue weighted by Gasteiger charge is -2.23. The Morgan fingerprint density at radius 3 is 2.49 bits per heavy atom. The van der Waals surface area contributed by atoms with E-state index < -0.39 is 5.25 Å². The summed E-state index contributed by atoms with van der Waals surface area (Å²) in [6, 6.07) is 25.1. The van der Waals surface area contributed by atoms with Gasteiger partial charge in [0.15, 0.2) is 5.17 Å². The van der Waals surface area contributed by atoms with Gasteiger partial charge in [0.25, 0.3) is 5.91 Å². The van der Waals surface area contributed by atoms with Gasteiger partial charge in [-0.2, -0.15) is 10.1 Å². The number of rotatable bonds is 5. The molecule has 0 bridgehead atoms. The van der Waals surface area contributed by atoms with Gasteiger partial charge in [-0.1, -0.05) is 83.5 Å². The van der Waals surface area contributed by atoms with Crippen molar-refractivity contribution < 1.29 is 9.59 Å². The molecule has 0 aliphatic carbocycles. The van der Waals surface area contributed by atoms with Gasteiger partial charge in [-0.25, -0.2) is 5.01 Å². The molecule has 0 aromatic heterocycles. The van der Waals surface area contributed by atoms with E-state index >= 15 is 0 Å². The van der Waals surface area contributed by atoms with Crippen molar-refractivity contribution in [1.82, 2.24) is 5.01 Å². The largest absolute Gasteiger partial charge is 0.326 e. The van der Waals surface area contributed by atoms with Crippen molar-refractivity contribution in [3.63, 3.8) is 0 Å². The van der Waals surface area contributed by atoms with E-state index in [4.69, 9.17) is 16.7 Å². The van der Waals surface area contributed by atoms with Crippen molar-refractivity contribution in [2.45, 2.75) is 31.1 Å². The Hall–Kier alpha value is -3.42. The quantitative estimate of drug-likeness (QED) is 0.476. The zero-order valence-corrected chi connectivity index (χ0v) is 20.6. The van der Waals surface area contributed by atoms with E-state index in [-0.39, 0.29) is 24.3 Å². The number of hydrogen-bond donors (Lipinski definition) is 1. The molecular formula is C27H23ClN4O2S. The summed E-state index contributed by atoms with van der Waals surface area (Å²) in [7, 11) is 0. The van der Waals surface area contributed by atoms with Crippen molar-refractivity contribution in [3.8, 4) is 0 Å². The van der Waals surface area contributed by atoms with E-state index in [1.807, 2.05) is 35.3 Å². The number of amides is 2. The van der Waals surface area contributed by atoms with Gasteiger partial charge >= 0.3 is 0 Å². The zero-order valence-electron chi connectivity index (χ0n) is 19.0. The first kappa shape index (κ1) is 23.3. The van der Waals surface area contributed by atoms with Crippen LogP contribution in [0.3, 0.4) is 0 Å². The second-order valence-electron chi connectivity index (χ2n) is 8.49. The minimum atomic E-state index is -0.591. The van der Waals surface area contributed by atoms with Crippen LogP contribution in [0.4, 0.5) is 5.69 Å². The predicted molar refractivity (Wildman–Crippen MR) is 142 cm³/mol. The number of halogens is 1. The van der Waals surface area contributed by atoms with Crippen molar-refractivity contribution in [3.05, 3.63) is 101 Å². The Morgan fingerprint density at radius 1 is 1.06 bits per heavy atom. The third-order valence-electron chi connectivity index (χ3n) is 5.90. The highest BCUT2D eigenvalue weighted by molar-refractivity contribution is 8.15. The van der Waals surface area contributed by atoms with Gasteiger partial charge in [-0.15, -0.1) is 0 Å². The monoisotopic (exact) mass is 502 g/mol. The van der Waals surface area contributed by atoms with E-state index in [1.165, 1.54) is 17.3 Å². The molecule has 2 atom stereocenters. The van der Waals surface area contributed by atoms with Gasteiger partial charge in [0.1, 0.15) is 5.25 Å². The molecule has 0 saturated heterocycles. The van der Waals surface area contributed by atoms with Gasteiger partial charge in [0, 0.05) is 23.6 Å². The van der Waals surface area contributed by atoms with Crippen molar-refractivity contribution in [2.24, 2.45) is 10.1 Å². The molecule has 5 rings (SSSR count). The lowest BCUT2D eigenvalue weighted by Crippen LogP contribution is -2.25.